The number of hydrogen-bond donors (Lipinski definition) is 1. The van der Waals surface area contributed by atoms with E-state index in [1.807, 2.05) is 12.3 Å². The first-order chi connectivity index (χ1) is 7.31. The van der Waals surface area contributed by atoms with Crippen LogP contribution in [0.5, 0.6) is 0 Å². The zero-order valence-corrected chi connectivity index (χ0v) is 10.4. The minimum absolute atomic E-state index is 0.289. The summed E-state index contributed by atoms with van der Waals surface area (Å²) < 4.78 is 35.9. The van der Waals surface area contributed by atoms with Crippen molar-refractivity contribution >= 4 is 11.3 Å². The second-order valence-corrected chi connectivity index (χ2v) is 5.19. The van der Waals surface area contributed by atoms with Gasteiger partial charge in [0, 0.05) is 11.4 Å². The highest BCUT2D eigenvalue weighted by molar-refractivity contribution is 7.10. The molecule has 1 aromatic heterocycles. The minimum Gasteiger partial charge on any atom is -0.305 e. The van der Waals surface area contributed by atoms with Gasteiger partial charge >= 0.3 is 6.18 Å². The Morgan fingerprint density at radius 3 is 2.50 bits per heavy atom. The fraction of sp³-hybridized carbons (Fsp3) is 0.636. The molecular weight excluding hydrogens is 235 g/mol. The van der Waals surface area contributed by atoms with E-state index in [2.05, 4.69) is 19.2 Å². The summed E-state index contributed by atoms with van der Waals surface area (Å²) in [6, 6.07) is 0. The van der Waals surface area contributed by atoms with Crippen molar-refractivity contribution in [2.24, 2.45) is 0 Å². The largest absolute Gasteiger partial charge is 0.401 e. The van der Waals surface area contributed by atoms with Crippen molar-refractivity contribution in [2.45, 2.75) is 39.4 Å². The van der Waals surface area contributed by atoms with Crippen molar-refractivity contribution in [3.63, 3.8) is 0 Å². The van der Waals surface area contributed by atoms with Gasteiger partial charge in [0.2, 0.25) is 0 Å². The van der Waals surface area contributed by atoms with E-state index in [-0.39, 0.29) is 6.54 Å². The van der Waals surface area contributed by atoms with Crippen molar-refractivity contribution < 1.29 is 13.2 Å². The number of alkyl halides is 3. The molecule has 0 fully saturated rings. The van der Waals surface area contributed by atoms with E-state index in [1.54, 1.807) is 11.3 Å². The van der Waals surface area contributed by atoms with Gasteiger partial charge in [0.25, 0.3) is 0 Å². The van der Waals surface area contributed by atoms with Gasteiger partial charge < -0.3 is 5.32 Å². The average molecular weight is 251 g/mol. The normalized spacial score (nSPS) is 12.4. The fourth-order valence-electron chi connectivity index (χ4n) is 1.77. The van der Waals surface area contributed by atoms with Crippen LogP contribution in [0.1, 0.15) is 35.8 Å². The lowest BCUT2D eigenvalue weighted by molar-refractivity contribution is -0.125. The Kier molecular flexibility index (Phi) is 4.38. The first kappa shape index (κ1) is 13.5. The Bertz CT molecular complexity index is 341. The van der Waals surface area contributed by atoms with E-state index in [0.717, 1.165) is 5.56 Å². The zero-order chi connectivity index (χ0) is 12.3. The van der Waals surface area contributed by atoms with Crippen molar-refractivity contribution in [1.82, 2.24) is 5.32 Å². The van der Waals surface area contributed by atoms with Crippen LogP contribution in [0.15, 0.2) is 5.38 Å². The molecule has 0 spiro atoms. The van der Waals surface area contributed by atoms with Gasteiger partial charge in [-0.3, -0.25) is 0 Å². The van der Waals surface area contributed by atoms with Crippen LogP contribution in [0.3, 0.4) is 0 Å². The lowest BCUT2D eigenvalue weighted by Gasteiger charge is -2.11. The van der Waals surface area contributed by atoms with Crippen molar-refractivity contribution in [3.8, 4) is 0 Å². The van der Waals surface area contributed by atoms with E-state index >= 15 is 0 Å². The fourth-order valence-corrected chi connectivity index (χ4v) is 2.79. The molecule has 1 rings (SSSR count). The maximum Gasteiger partial charge on any atom is 0.401 e. The maximum atomic E-state index is 12.0. The molecule has 1 heterocycles. The molecule has 0 saturated heterocycles. The van der Waals surface area contributed by atoms with Gasteiger partial charge in [-0.1, -0.05) is 13.8 Å². The van der Waals surface area contributed by atoms with Crippen LogP contribution in [0.4, 0.5) is 13.2 Å². The Morgan fingerprint density at radius 2 is 2.00 bits per heavy atom. The van der Waals surface area contributed by atoms with E-state index in [9.17, 15) is 13.2 Å². The van der Waals surface area contributed by atoms with E-state index in [0.29, 0.717) is 5.92 Å². The molecule has 16 heavy (non-hydrogen) atoms. The molecule has 0 amide bonds. The summed E-state index contributed by atoms with van der Waals surface area (Å²) in [6.07, 6.45) is -4.14. The Hall–Kier alpha value is -0.550. The molecule has 0 aromatic carbocycles. The van der Waals surface area contributed by atoms with Gasteiger partial charge in [0.15, 0.2) is 0 Å². The van der Waals surface area contributed by atoms with Crippen LogP contribution in [0, 0.1) is 6.92 Å². The third-order valence-corrected chi connectivity index (χ3v) is 3.30. The molecule has 1 nitrogen and oxygen atoms in total. The summed E-state index contributed by atoms with van der Waals surface area (Å²) in [4.78, 5) is 1.19. The molecule has 0 aliphatic rings. The second-order valence-electron chi connectivity index (χ2n) is 4.10. The summed E-state index contributed by atoms with van der Waals surface area (Å²) in [7, 11) is 0. The number of hydrogen-bond acceptors (Lipinski definition) is 2. The van der Waals surface area contributed by atoms with Gasteiger partial charge in [-0.25, -0.2) is 0 Å². The van der Waals surface area contributed by atoms with E-state index in [4.69, 9.17) is 0 Å². The molecule has 0 aliphatic heterocycles. The second kappa shape index (κ2) is 5.19. The monoisotopic (exact) mass is 251 g/mol. The first-order valence-electron chi connectivity index (χ1n) is 5.15. The third-order valence-electron chi connectivity index (χ3n) is 2.32. The van der Waals surface area contributed by atoms with Crippen LogP contribution in [-0.2, 0) is 6.54 Å². The van der Waals surface area contributed by atoms with Crippen molar-refractivity contribution in [1.29, 1.82) is 0 Å². The average Bonchev–Trinajstić information content (AvgIpc) is 2.44. The molecule has 1 aromatic rings. The Labute approximate surface area is 97.7 Å². The standard InChI is InChI=1S/C11H16F3NS/c1-7(2)10-8(3)16-5-9(10)4-15-6-11(12,13)14/h5,7,15H,4,6H2,1-3H3. The highest BCUT2D eigenvalue weighted by Gasteiger charge is 2.26. The van der Waals surface area contributed by atoms with Crippen LogP contribution in [0.25, 0.3) is 0 Å². The molecule has 0 bridgehead atoms. The van der Waals surface area contributed by atoms with Gasteiger partial charge in [-0.15, -0.1) is 11.3 Å². The molecular formula is C11H16F3NS. The van der Waals surface area contributed by atoms with Crippen LogP contribution in [0.2, 0.25) is 0 Å². The summed E-state index contributed by atoms with van der Waals surface area (Å²) in [5, 5.41) is 4.37. The number of nitrogens with one attached hydrogen (secondary N) is 1. The summed E-state index contributed by atoms with van der Waals surface area (Å²) in [5.41, 5.74) is 2.17. The smallest absolute Gasteiger partial charge is 0.305 e. The van der Waals surface area contributed by atoms with E-state index < -0.39 is 12.7 Å². The molecule has 5 heteroatoms. The quantitative estimate of drug-likeness (QED) is 0.857. The maximum absolute atomic E-state index is 12.0. The lowest BCUT2D eigenvalue weighted by atomic mass is 9.99. The van der Waals surface area contributed by atoms with Crippen LogP contribution >= 0.6 is 11.3 Å². The van der Waals surface area contributed by atoms with Gasteiger partial charge in [0.1, 0.15) is 0 Å². The molecule has 0 radical (unpaired) electrons. The van der Waals surface area contributed by atoms with E-state index in [1.165, 1.54) is 10.4 Å². The predicted molar refractivity (Wildman–Crippen MR) is 60.9 cm³/mol. The SMILES string of the molecule is Cc1scc(CNCC(F)(F)F)c1C(C)C. The predicted octanol–water partition coefficient (Wildman–Crippen LogP) is 3.83. The molecule has 1 N–H and O–H groups in total. The number of rotatable bonds is 4. The van der Waals surface area contributed by atoms with Gasteiger partial charge in [0.05, 0.1) is 6.54 Å². The van der Waals surface area contributed by atoms with Gasteiger partial charge in [-0.2, -0.15) is 13.2 Å². The van der Waals surface area contributed by atoms with Crippen LogP contribution in [-0.4, -0.2) is 12.7 Å². The lowest BCUT2D eigenvalue weighted by Crippen LogP contribution is -2.28. The summed E-state index contributed by atoms with van der Waals surface area (Å²) >= 11 is 1.60. The Morgan fingerprint density at radius 1 is 1.38 bits per heavy atom. The molecule has 92 valence electrons. The minimum atomic E-state index is -4.14. The number of aryl methyl sites for hydroxylation is 1. The van der Waals surface area contributed by atoms with Crippen LogP contribution < -0.4 is 5.32 Å². The summed E-state index contributed by atoms with van der Waals surface area (Å²) in [6.45, 7) is 5.48. The molecule has 0 aliphatic carbocycles. The Balaban J connectivity index is 2.61. The molecule has 0 unspecified atom stereocenters. The van der Waals surface area contributed by atoms with Crippen molar-refractivity contribution in [3.05, 3.63) is 21.4 Å². The molecule has 0 atom stereocenters. The van der Waals surface area contributed by atoms with Gasteiger partial charge in [-0.05, 0) is 29.3 Å². The highest BCUT2D eigenvalue weighted by Crippen LogP contribution is 2.28. The highest BCUT2D eigenvalue weighted by atomic mass is 32.1. The first-order valence-corrected chi connectivity index (χ1v) is 6.03. The topological polar surface area (TPSA) is 12.0 Å². The zero-order valence-electron chi connectivity index (χ0n) is 9.61. The number of thiophene rings is 1. The number of halogens is 3. The molecule has 0 saturated carbocycles. The van der Waals surface area contributed by atoms with Crippen molar-refractivity contribution in [2.75, 3.05) is 6.54 Å². The third kappa shape index (κ3) is 3.79. The summed E-state index contributed by atoms with van der Waals surface area (Å²) in [5.74, 6) is 0.355.